The predicted octanol–water partition coefficient (Wildman–Crippen LogP) is 3.23. The molecular weight excluding hydrogens is 354 g/mol. The lowest BCUT2D eigenvalue weighted by Crippen LogP contribution is -2.43. The molecule has 0 radical (unpaired) electrons. The molecule has 0 aliphatic carbocycles. The van der Waals surface area contributed by atoms with Crippen molar-refractivity contribution in [1.82, 2.24) is 15.1 Å². The summed E-state index contributed by atoms with van der Waals surface area (Å²) >= 11 is 0. The third kappa shape index (κ3) is 4.16. The summed E-state index contributed by atoms with van der Waals surface area (Å²) in [6, 6.07) is 8.08. The van der Waals surface area contributed by atoms with Gasteiger partial charge in [-0.25, -0.2) is 4.68 Å². The number of carbonyl (C=O) groups excluding carboxylic acids is 1. The minimum Gasteiger partial charge on any atom is -0.491 e. The van der Waals surface area contributed by atoms with E-state index in [9.17, 15) is 4.79 Å². The van der Waals surface area contributed by atoms with Crippen molar-refractivity contribution < 1.29 is 14.3 Å². The van der Waals surface area contributed by atoms with Crippen LogP contribution in [0.25, 0.3) is 0 Å². The molecule has 1 aromatic heterocycles. The molecule has 3 heterocycles. The molecule has 2 unspecified atom stereocenters. The molecule has 1 N–H and O–H groups in total. The number of aryl methyl sites for hydroxylation is 1. The highest BCUT2D eigenvalue weighted by molar-refractivity contribution is 5.92. The lowest BCUT2D eigenvalue weighted by atomic mass is 9.96. The van der Waals surface area contributed by atoms with Gasteiger partial charge in [-0.15, -0.1) is 0 Å². The minimum atomic E-state index is -0.174. The molecule has 2 aromatic rings. The van der Waals surface area contributed by atoms with Gasteiger partial charge in [-0.1, -0.05) is 32.9 Å². The van der Waals surface area contributed by atoms with Crippen LogP contribution < -0.4 is 14.8 Å². The van der Waals surface area contributed by atoms with E-state index in [0.29, 0.717) is 36.6 Å². The molecule has 6 nitrogen and oxygen atoms in total. The number of rotatable bonds is 4. The highest BCUT2D eigenvalue weighted by atomic mass is 16.5. The first-order valence-electron chi connectivity index (χ1n) is 10.2. The number of aromatic nitrogens is 2. The van der Waals surface area contributed by atoms with E-state index in [0.717, 1.165) is 37.1 Å². The largest absolute Gasteiger partial charge is 0.491 e. The molecule has 2 aliphatic heterocycles. The second-order valence-corrected chi connectivity index (χ2v) is 8.52. The first-order chi connectivity index (χ1) is 13.5. The molecule has 2 atom stereocenters. The molecule has 6 heteroatoms. The van der Waals surface area contributed by atoms with Crippen molar-refractivity contribution in [1.29, 1.82) is 0 Å². The van der Waals surface area contributed by atoms with Gasteiger partial charge in [0.2, 0.25) is 5.88 Å². The molecule has 0 spiro atoms. The van der Waals surface area contributed by atoms with Gasteiger partial charge >= 0.3 is 0 Å². The van der Waals surface area contributed by atoms with Gasteiger partial charge in [0.1, 0.15) is 12.4 Å². The van der Waals surface area contributed by atoms with E-state index < -0.39 is 0 Å². The number of hydrogen-bond donors (Lipinski definition) is 1. The van der Waals surface area contributed by atoms with Crippen LogP contribution in [0, 0.1) is 11.8 Å². The second kappa shape index (κ2) is 7.86. The summed E-state index contributed by atoms with van der Waals surface area (Å²) < 4.78 is 13.4. The average Bonchev–Trinajstić information content (AvgIpc) is 2.99. The van der Waals surface area contributed by atoms with Gasteiger partial charge in [0, 0.05) is 12.6 Å². The van der Waals surface area contributed by atoms with Gasteiger partial charge in [0.25, 0.3) is 5.91 Å². The van der Waals surface area contributed by atoms with E-state index in [1.54, 1.807) is 10.7 Å². The lowest BCUT2D eigenvalue weighted by Gasteiger charge is -2.26. The topological polar surface area (TPSA) is 65.4 Å². The van der Waals surface area contributed by atoms with Gasteiger partial charge in [-0.3, -0.25) is 4.79 Å². The van der Waals surface area contributed by atoms with E-state index in [1.807, 2.05) is 0 Å². The maximum atomic E-state index is 12.7. The van der Waals surface area contributed by atoms with E-state index in [2.05, 4.69) is 49.4 Å². The van der Waals surface area contributed by atoms with Crippen LogP contribution in [0.15, 0.2) is 24.3 Å². The summed E-state index contributed by atoms with van der Waals surface area (Å²) in [6.07, 6.45) is 2.82. The fourth-order valence-electron chi connectivity index (χ4n) is 3.84. The zero-order chi connectivity index (χ0) is 19.7. The summed E-state index contributed by atoms with van der Waals surface area (Å²) in [5, 5.41) is 7.52. The Balaban J connectivity index is 1.41. The third-order valence-electron chi connectivity index (χ3n) is 5.34. The first-order valence-corrected chi connectivity index (χ1v) is 10.2. The van der Waals surface area contributed by atoms with Crippen LogP contribution >= 0.6 is 0 Å². The number of carbonyl (C=O) groups is 1. The van der Waals surface area contributed by atoms with E-state index in [-0.39, 0.29) is 11.9 Å². The van der Waals surface area contributed by atoms with Gasteiger partial charge in [0.05, 0.1) is 12.6 Å². The molecule has 1 aromatic carbocycles. The van der Waals surface area contributed by atoms with Crippen molar-refractivity contribution in [3.63, 3.8) is 0 Å². The van der Waals surface area contributed by atoms with Crippen LogP contribution in [0.1, 0.15) is 48.8 Å². The summed E-state index contributed by atoms with van der Waals surface area (Å²) in [5.74, 6) is 2.54. The Bertz CT molecular complexity index is 833. The molecule has 0 bridgehead atoms. The Hall–Kier alpha value is -2.50. The Morgan fingerprint density at radius 2 is 2.14 bits per heavy atom. The molecule has 28 heavy (non-hydrogen) atoms. The quantitative estimate of drug-likeness (QED) is 0.880. The van der Waals surface area contributed by atoms with Crippen LogP contribution in [0.5, 0.6) is 11.6 Å². The van der Waals surface area contributed by atoms with Crippen molar-refractivity contribution in [2.24, 2.45) is 11.8 Å². The van der Waals surface area contributed by atoms with Crippen LogP contribution in [0.4, 0.5) is 0 Å². The highest BCUT2D eigenvalue weighted by Gasteiger charge is 2.25. The summed E-state index contributed by atoms with van der Waals surface area (Å²) in [7, 11) is 0. The summed E-state index contributed by atoms with van der Waals surface area (Å²) in [6.45, 7) is 8.52. The van der Waals surface area contributed by atoms with Crippen molar-refractivity contribution in [3.05, 3.63) is 41.1 Å². The smallest absolute Gasteiger partial charge is 0.272 e. The Morgan fingerprint density at radius 1 is 1.29 bits per heavy atom. The number of fused-ring (bicyclic) bond motifs is 2. The molecule has 0 saturated carbocycles. The number of amides is 1. The third-order valence-corrected chi connectivity index (χ3v) is 5.34. The Morgan fingerprint density at radius 3 is 2.96 bits per heavy atom. The second-order valence-electron chi connectivity index (χ2n) is 8.52. The molecule has 1 amide bonds. The van der Waals surface area contributed by atoms with E-state index in [4.69, 9.17) is 9.47 Å². The Labute approximate surface area is 166 Å². The fourth-order valence-corrected chi connectivity index (χ4v) is 3.84. The van der Waals surface area contributed by atoms with Crippen molar-refractivity contribution >= 4 is 5.91 Å². The van der Waals surface area contributed by atoms with Crippen LogP contribution in [0.3, 0.4) is 0 Å². The first kappa shape index (κ1) is 18.8. The maximum absolute atomic E-state index is 12.7. The maximum Gasteiger partial charge on any atom is 0.272 e. The number of nitrogens with one attached hydrogen (secondary N) is 1. The fraction of sp³-hybridized carbons (Fsp3) is 0.545. The monoisotopic (exact) mass is 383 g/mol. The SMILES string of the molecule is CC(C)Cc1ccc2c(c1)CC(NC(=O)c1cc3n(n1)CCC(C)CO3)CO2. The minimum absolute atomic E-state index is 0.0586. The van der Waals surface area contributed by atoms with Crippen molar-refractivity contribution in [2.45, 2.75) is 52.6 Å². The average molecular weight is 383 g/mol. The van der Waals surface area contributed by atoms with Gasteiger partial charge < -0.3 is 14.8 Å². The van der Waals surface area contributed by atoms with Gasteiger partial charge in [0.15, 0.2) is 5.69 Å². The van der Waals surface area contributed by atoms with Gasteiger partial charge in [-0.05, 0) is 48.3 Å². The highest BCUT2D eigenvalue weighted by Crippen LogP contribution is 2.27. The normalized spacial score (nSPS) is 21.1. The number of hydrogen-bond acceptors (Lipinski definition) is 4. The Kier molecular flexibility index (Phi) is 5.29. The van der Waals surface area contributed by atoms with Gasteiger partial charge in [-0.2, -0.15) is 5.10 Å². The van der Waals surface area contributed by atoms with Crippen LogP contribution in [0.2, 0.25) is 0 Å². The van der Waals surface area contributed by atoms with Crippen molar-refractivity contribution in [2.75, 3.05) is 13.2 Å². The van der Waals surface area contributed by atoms with E-state index in [1.165, 1.54) is 5.56 Å². The molecule has 2 aliphatic rings. The standard InChI is InChI=1S/C22H29N3O3/c1-14(2)8-16-4-5-20-17(9-16)10-18(13-27-20)23-22(26)19-11-21-25(24-19)7-6-15(3)12-28-21/h4-5,9,11,14-15,18H,6-8,10,12-13H2,1-3H3,(H,23,26). The lowest BCUT2D eigenvalue weighted by molar-refractivity contribution is 0.0909. The molecule has 4 rings (SSSR count). The summed E-state index contributed by atoms with van der Waals surface area (Å²) in [4.78, 5) is 12.7. The number of ether oxygens (including phenoxy) is 2. The number of nitrogens with zero attached hydrogens (tertiary/aromatic N) is 2. The van der Waals surface area contributed by atoms with Crippen LogP contribution in [-0.4, -0.2) is 34.9 Å². The van der Waals surface area contributed by atoms with Crippen molar-refractivity contribution in [3.8, 4) is 11.6 Å². The summed E-state index contributed by atoms with van der Waals surface area (Å²) in [5.41, 5.74) is 2.88. The molecular formula is C22H29N3O3. The zero-order valence-corrected chi connectivity index (χ0v) is 16.9. The molecule has 0 fully saturated rings. The molecule has 150 valence electrons. The number of benzene rings is 1. The zero-order valence-electron chi connectivity index (χ0n) is 16.9. The molecule has 0 saturated heterocycles. The van der Waals surface area contributed by atoms with E-state index >= 15 is 0 Å². The van der Waals surface area contributed by atoms with Crippen LogP contribution in [-0.2, 0) is 19.4 Å². The predicted molar refractivity (Wildman–Crippen MR) is 107 cm³/mol.